The predicted octanol–water partition coefficient (Wildman–Crippen LogP) is 0.451. The molecule has 2 rings (SSSR count). The van der Waals surface area contributed by atoms with Gasteiger partial charge in [-0.05, 0) is 38.0 Å². The molecule has 22 heavy (non-hydrogen) atoms. The zero-order valence-electron chi connectivity index (χ0n) is 12.6. The van der Waals surface area contributed by atoms with Crippen LogP contribution in [0.15, 0.2) is 12.1 Å². The van der Waals surface area contributed by atoms with E-state index in [0.29, 0.717) is 0 Å². The number of ether oxygens (including phenoxy) is 1. The highest BCUT2D eigenvalue weighted by Gasteiger charge is 2.42. The molecule has 1 heterocycles. The number of nitrogens with zero attached hydrogens (tertiary/aromatic N) is 1. The third-order valence-electron chi connectivity index (χ3n) is 3.96. The number of aliphatic hydroxyl groups is 3. The Morgan fingerprint density at radius 2 is 1.73 bits per heavy atom. The number of aryl methyl sites for hydroxylation is 2. The monoisotopic (exact) mass is 312 g/mol. The van der Waals surface area contributed by atoms with Crippen molar-refractivity contribution >= 4 is 11.4 Å². The van der Waals surface area contributed by atoms with Crippen LogP contribution in [-0.4, -0.2) is 50.9 Å². The minimum absolute atomic E-state index is 0.146. The van der Waals surface area contributed by atoms with Crippen LogP contribution in [-0.2, 0) is 4.74 Å². The van der Waals surface area contributed by atoms with Crippen molar-refractivity contribution in [3.63, 3.8) is 0 Å². The van der Waals surface area contributed by atoms with E-state index >= 15 is 0 Å². The molecule has 1 fully saturated rings. The molecule has 0 radical (unpaired) electrons. The van der Waals surface area contributed by atoms with E-state index in [1.54, 1.807) is 19.9 Å². The molecule has 0 bridgehead atoms. The normalized spacial score (nSPS) is 31.8. The van der Waals surface area contributed by atoms with Crippen molar-refractivity contribution in [1.29, 1.82) is 0 Å². The first-order valence-corrected chi connectivity index (χ1v) is 6.94. The molecule has 4 N–H and O–H groups in total. The van der Waals surface area contributed by atoms with Crippen LogP contribution < -0.4 is 5.32 Å². The molecular formula is C14H20N2O6. The summed E-state index contributed by atoms with van der Waals surface area (Å²) < 4.78 is 5.40. The van der Waals surface area contributed by atoms with Crippen molar-refractivity contribution in [3.05, 3.63) is 33.4 Å². The topological polar surface area (TPSA) is 125 Å². The van der Waals surface area contributed by atoms with Crippen LogP contribution in [0, 0.1) is 24.0 Å². The number of nitro benzene ring substituents is 1. The zero-order valence-corrected chi connectivity index (χ0v) is 12.6. The Morgan fingerprint density at radius 1 is 1.14 bits per heavy atom. The highest BCUT2D eigenvalue weighted by atomic mass is 16.6. The van der Waals surface area contributed by atoms with Gasteiger partial charge >= 0.3 is 0 Å². The minimum atomic E-state index is -1.41. The highest BCUT2D eigenvalue weighted by Crippen LogP contribution is 2.31. The smallest absolute Gasteiger partial charge is 0.292 e. The van der Waals surface area contributed by atoms with Gasteiger partial charge in [0.05, 0.1) is 11.0 Å². The maximum absolute atomic E-state index is 11.2. The van der Waals surface area contributed by atoms with Crippen LogP contribution in [0.1, 0.15) is 18.1 Å². The fourth-order valence-corrected chi connectivity index (χ4v) is 2.39. The fourth-order valence-electron chi connectivity index (χ4n) is 2.39. The molecule has 0 aliphatic carbocycles. The van der Waals surface area contributed by atoms with Crippen LogP contribution in [0.3, 0.4) is 0 Å². The molecule has 8 heteroatoms. The van der Waals surface area contributed by atoms with Gasteiger partial charge in [-0.3, -0.25) is 10.1 Å². The third kappa shape index (κ3) is 3.05. The second-order valence-corrected chi connectivity index (χ2v) is 5.59. The number of nitro groups is 1. The Morgan fingerprint density at radius 3 is 2.32 bits per heavy atom. The van der Waals surface area contributed by atoms with Crippen molar-refractivity contribution in [2.75, 3.05) is 5.32 Å². The molecule has 0 spiro atoms. The van der Waals surface area contributed by atoms with Gasteiger partial charge in [-0.2, -0.15) is 0 Å². The van der Waals surface area contributed by atoms with Gasteiger partial charge in [0, 0.05) is 6.07 Å². The summed E-state index contributed by atoms with van der Waals surface area (Å²) in [7, 11) is 0. The number of benzene rings is 1. The van der Waals surface area contributed by atoms with Crippen LogP contribution in [0.2, 0.25) is 0 Å². The first-order valence-electron chi connectivity index (χ1n) is 6.94. The van der Waals surface area contributed by atoms with E-state index in [1.807, 2.05) is 6.92 Å². The first kappa shape index (κ1) is 16.6. The summed E-state index contributed by atoms with van der Waals surface area (Å²) in [5.74, 6) is 0. The molecule has 8 nitrogen and oxygen atoms in total. The van der Waals surface area contributed by atoms with E-state index in [4.69, 9.17) is 4.74 Å². The van der Waals surface area contributed by atoms with Gasteiger partial charge in [0.25, 0.3) is 5.69 Å². The number of anilines is 1. The summed E-state index contributed by atoms with van der Waals surface area (Å²) in [6, 6.07) is 3.02. The SMILES string of the molecule is Cc1cc(NC2OC(C)C(O)C(O)C2O)c([N+](=O)[O-])cc1C. The minimum Gasteiger partial charge on any atom is -0.388 e. The Labute approximate surface area is 127 Å². The van der Waals surface area contributed by atoms with Crippen LogP contribution >= 0.6 is 0 Å². The van der Waals surface area contributed by atoms with Gasteiger partial charge in [0.2, 0.25) is 0 Å². The van der Waals surface area contributed by atoms with E-state index in [0.717, 1.165) is 11.1 Å². The average molecular weight is 312 g/mol. The number of rotatable bonds is 3. The van der Waals surface area contributed by atoms with Gasteiger partial charge in [0.15, 0.2) is 6.23 Å². The van der Waals surface area contributed by atoms with Crippen molar-refractivity contribution in [3.8, 4) is 0 Å². The molecule has 1 aliphatic rings. The zero-order chi connectivity index (χ0) is 16.6. The molecule has 5 unspecified atom stereocenters. The van der Waals surface area contributed by atoms with Gasteiger partial charge in [-0.25, -0.2) is 0 Å². The Hall–Kier alpha value is -1.74. The molecular weight excluding hydrogens is 292 g/mol. The molecule has 1 aromatic rings. The largest absolute Gasteiger partial charge is 0.388 e. The quantitative estimate of drug-likeness (QED) is 0.471. The molecule has 1 aromatic carbocycles. The third-order valence-corrected chi connectivity index (χ3v) is 3.96. The fraction of sp³-hybridized carbons (Fsp3) is 0.571. The molecule has 1 aliphatic heterocycles. The molecule has 0 amide bonds. The Balaban J connectivity index is 2.30. The lowest BCUT2D eigenvalue weighted by Crippen LogP contribution is -2.58. The average Bonchev–Trinajstić information content (AvgIpc) is 2.45. The first-order chi connectivity index (χ1) is 10.2. The summed E-state index contributed by atoms with van der Waals surface area (Å²) in [5, 5.41) is 43.3. The van der Waals surface area contributed by atoms with Crippen molar-refractivity contribution in [2.24, 2.45) is 0 Å². The molecule has 5 atom stereocenters. The van der Waals surface area contributed by atoms with Crippen LogP contribution in [0.25, 0.3) is 0 Å². The Bertz CT molecular complexity index is 579. The summed E-state index contributed by atoms with van der Waals surface area (Å²) in [6.07, 6.45) is -5.81. The molecule has 1 saturated heterocycles. The van der Waals surface area contributed by atoms with Gasteiger partial charge in [-0.15, -0.1) is 0 Å². The molecule has 122 valence electrons. The summed E-state index contributed by atoms with van der Waals surface area (Å²) >= 11 is 0. The number of hydrogen-bond acceptors (Lipinski definition) is 7. The number of hydrogen-bond donors (Lipinski definition) is 4. The number of nitrogens with one attached hydrogen (secondary N) is 1. The second-order valence-electron chi connectivity index (χ2n) is 5.59. The lowest BCUT2D eigenvalue weighted by molar-refractivity contribution is -0.384. The molecule has 0 aromatic heterocycles. The van der Waals surface area contributed by atoms with Crippen molar-refractivity contribution < 1.29 is 25.0 Å². The summed E-state index contributed by atoms with van der Waals surface area (Å²) in [4.78, 5) is 10.6. The summed E-state index contributed by atoms with van der Waals surface area (Å²) in [6.45, 7) is 5.12. The molecule has 0 saturated carbocycles. The van der Waals surface area contributed by atoms with E-state index in [9.17, 15) is 25.4 Å². The van der Waals surface area contributed by atoms with E-state index in [-0.39, 0.29) is 11.4 Å². The van der Waals surface area contributed by atoms with Gasteiger partial charge < -0.3 is 25.4 Å². The maximum atomic E-state index is 11.2. The standard InChI is InChI=1S/C14H20N2O6/c1-6-4-9(10(16(20)21)5-7(6)2)15-14-13(19)12(18)11(17)8(3)22-14/h4-5,8,11-15,17-19H,1-3H3. The lowest BCUT2D eigenvalue weighted by Gasteiger charge is -2.39. The van der Waals surface area contributed by atoms with Crippen molar-refractivity contribution in [1.82, 2.24) is 0 Å². The number of aliphatic hydroxyl groups excluding tert-OH is 3. The summed E-state index contributed by atoms with van der Waals surface area (Å²) in [5.41, 5.74) is 1.65. The highest BCUT2D eigenvalue weighted by molar-refractivity contribution is 5.64. The predicted molar refractivity (Wildman–Crippen MR) is 78.5 cm³/mol. The van der Waals surface area contributed by atoms with E-state index in [1.165, 1.54) is 6.07 Å². The maximum Gasteiger partial charge on any atom is 0.292 e. The van der Waals surface area contributed by atoms with Crippen molar-refractivity contribution in [2.45, 2.75) is 51.4 Å². The second kappa shape index (κ2) is 6.17. The Kier molecular flexibility index (Phi) is 4.66. The van der Waals surface area contributed by atoms with Gasteiger partial charge in [0.1, 0.15) is 24.0 Å². The van der Waals surface area contributed by atoms with Crippen LogP contribution in [0.4, 0.5) is 11.4 Å². The van der Waals surface area contributed by atoms with E-state index in [2.05, 4.69) is 5.32 Å². The van der Waals surface area contributed by atoms with Crippen LogP contribution in [0.5, 0.6) is 0 Å². The van der Waals surface area contributed by atoms with Gasteiger partial charge in [-0.1, -0.05) is 0 Å². The van der Waals surface area contributed by atoms with E-state index < -0.39 is 35.6 Å². The lowest BCUT2D eigenvalue weighted by atomic mass is 9.98.